The van der Waals surface area contributed by atoms with Crippen LogP contribution in [0.15, 0.2) is 71.9 Å². The van der Waals surface area contributed by atoms with Gasteiger partial charge < -0.3 is 9.64 Å². The predicted molar refractivity (Wildman–Crippen MR) is 156 cm³/mol. The Morgan fingerprint density at radius 2 is 1.82 bits per heavy atom. The summed E-state index contributed by atoms with van der Waals surface area (Å²) in [4.78, 5) is 26.0. The molecule has 0 spiro atoms. The van der Waals surface area contributed by atoms with E-state index in [1.165, 1.54) is 4.90 Å². The summed E-state index contributed by atoms with van der Waals surface area (Å²) in [5.74, 6) is 2.96. The average molecular weight is 562 g/mol. The highest BCUT2D eigenvalue weighted by Gasteiger charge is 2.28. The SMILES string of the molecule is CCSc1ccc(C(=O)N(CCn2nc(-c3ccncc3)nc2-c2ccc(OC)c(Cl)c2)C2CCCC2)cc1. The van der Waals surface area contributed by atoms with Gasteiger partial charge in [-0.05, 0) is 73.2 Å². The van der Waals surface area contributed by atoms with Crippen LogP contribution in [0.25, 0.3) is 22.8 Å². The Morgan fingerprint density at radius 1 is 1.08 bits per heavy atom. The second-order valence-corrected chi connectivity index (χ2v) is 11.2. The molecule has 0 N–H and O–H groups in total. The number of hydrogen-bond acceptors (Lipinski definition) is 6. The highest BCUT2D eigenvalue weighted by atomic mass is 35.5. The van der Waals surface area contributed by atoms with E-state index in [-0.39, 0.29) is 11.9 Å². The molecule has 0 bridgehead atoms. The molecule has 0 unspecified atom stereocenters. The number of ether oxygens (including phenoxy) is 1. The molecule has 0 saturated heterocycles. The lowest BCUT2D eigenvalue weighted by Crippen LogP contribution is -2.41. The molecule has 9 heteroatoms. The highest BCUT2D eigenvalue weighted by Crippen LogP contribution is 2.31. The summed E-state index contributed by atoms with van der Waals surface area (Å²) >= 11 is 8.24. The minimum absolute atomic E-state index is 0.0680. The van der Waals surface area contributed by atoms with Crippen LogP contribution < -0.4 is 4.74 Å². The van der Waals surface area contributed by atoms with Crippen LogP contribution in [0.1, 0.15) is 43.0 Å². The summed E-state index contributed by atoms with van der Waals surface area (Å²) in [6.07, 6.45) is 7.79. The first kappa shape index (κ1) is 27.2. The van der Waals surface area contributed by atoms with Crippen molar-refractivity contribution in [2.45, 2.75) is 50.1 Å². The third-order valence-electron chi connectivity index (χ3n) is 7.01. The maximum absolute atomic E-state index is 13.8. The zero-order valence-electron chi connectivity index (χ0n) is 22.2. The van der Waals surface area contributed by atoms with Crippen molar-refractivity contribution in [3.05, 3.63) is 77.6 Å². The van der Waals surface area contributed by atoms with E-state index in [9.17, 15) is 4.79 Å². The number of halogens is 1. The maximum atomic E-state index is 13.8. The van der Waals surface area contributed by atoms with Crippen molar-refractivity contribution in [3.8, 4) is 28.5 Å². The summed E-state index contributed by atoms with van der Waals surface area (Å²) in [7, 11) is 1.59. The summed E-state index contributed by atoms with van der Waals surface area (Å²) in [5.41, 5.74) is 2.43. The molecule has 2 heterocycles. The Bertz CT molecular complexity index is 1400. The van der Waals surface area contributed by atoms with E-state index in [2.05, 4.69) is 11.9 Å². The zero-order chi connectivity index (χ0) is 27.2. The largest absolute Gasteiger partial charge is 0.495 e. The lowest BCUT2D eigenvalue weighted by atomic mass is 10.1. The van der Waals surface area contributed by atoms with Gasteiger partial charge in [0.25, 0.3) is 5.91 Å². The Kier molecular flexibility index (Phi) is 8.84. The van der Waals surface area contributed by atoms with Crippen LogP contribution >= 0.6 is 23.4 Å². The molecule has 5 rings (SSSR count). The number of methoxy groups -OCH3 is 1. The van der Waals surface area contributed by atoms with E-state index in [1.807, 2.05) is 64.2 Å². The van der Waals surface area contributed by atoms with Crippen LogP contribution in [0.2, 0.25) is 5.02 Å². The molecule has 1 saturated carbocycles. The molecule has 0 radical (unpaired) electrons. The Labute approximate surface area is 238 Å². The molecular formula is C30H32ClN5O2S. The van der Waals surface area contributed by atoms with Gasteiger partial charge in [-0.2, -0.15) is 5.10 Å². The van der Waals surface area contributed by atoms with Gasteiger partial charge in [0.2, 0.25) is 0 Å². The monoisotopic (exact) mass is 561 g/mol. The molecule has 1 amide bonds. The minimum atomic E-state index is 0.0680. The maximum Gasteiger partial charge on any atom is 0.254 e. The van der Waals surface area contributed by atoms with Crippen LogP contribution in [0.3, 0.4) is 0 Å². The number of rotatable bonds is 10. The molecule has 7 nitrogen and oxygen atoms in total. The lowest BCUT2D eigenvalue weighted by molar-refractivity contribution is 0.0672. The number of benzene rings is 2. The topological polar surface area (TPSA) is 73.1 Å². The molecular weight excluding hydrogens is 530 g/mol. The van der Waals surface area contributed by atoms with Crippen LogP contribution in [-0.2, 0) is 6.54 Å². The Balaban J connectivity index is 1.45. The summed E-state index contributed by atoms with van der Waals surface area (Å²) in [6, 6.07) is 17.6. The predicted octanol–water partition coefficient (Wildman–Crippen LogP) is 6.87. The molecule has 39 heavy (non-hydrogen) atoms. The van der Waals surface area contributed by atoms with Crippen molar-refractivity contribution in [2.24, 2.45) is 0 Å². The van der Waals surface area contributed by atoms with Crippen molar-refractivity contribution < 1.29 is 9.53 Å². The summed E-state index contributed by atoms with van der Waals surface area (Å²) in [6.45, 7) is 3.16. The number of pyridine rings is 1. The van der Waals surface area contributed by atoms with Crippen LogP contribution in [0, 0.1) is 0 Å². The van der Waals surface area contributed by atoms with Crippen molar-refractivity contribution in [3.63, 3.8) is 0 Å². The summed E-state index contributed by atoms with van der Waals surface area (Å²) in [5, 5.41) is 5.36. The van der Waals surface area contributed by atoms with Crippen LogP contribution in [0.5, 0.6) is 5.75 Å². The first-order valence-electron chi connectivity index (χ1n) is 13.3. The van der Waals surface area contributed by atoms with E-state index in [1.54, 1.807) is 31.3 Å². The normalized spacial score (nSPS) is 13.5. The molecule has 0 atom stereocenters. The van der Waals surface area contributed by atoms with Gasteiger partial charge in [-0.1, -0.05) is 31.4 Å². The zero-order valence-corrected chi connectivity index (χ0v) is 23.8. The molecule has 0 aliphatic heterocycles. The second-order valence-electron chi connectivity index (χ2n) is 9.46. The van der Waals surface area contributed by atoms with Crippen molar-refractivity contribution in [1.29, 1.82) is 0 Å². The number of hydrogen-bond donors (Lipinski definition) is 0. The second kappa shape index (κ2) is 12.7. The Hall–Kier alpha value is -3.36. The first-order chi connectivity index (χ1) is 19.1. The molecule has 202 valence electrons. The van der Waals surface area contributed by atoms with Gasteiger partial charge in [0.05, 0.1) is 18.7 Å². The van der Waals surface area contributed by atoms with Gasteiger partial charge in [0.15, 0.2) is 11.6 Å². The summed E-state index contributed by atoms with van der Waals surface area (Å²) < 4.78 is 7.22. The van der Waals surface area contributed by atoms with E-state index in [4.69, 9.17) is 26.4 Å². The fraction of sp³-hybridized carbons (Fsp3) is 0.333. The molecule has 2 aromatic carbocycles. The number of carbonyl (C=O) groups excluding carboxylic acids is 1. The fourth-order valence-electron chi connectivity index (χ4n) is 5.03. The molecule has 1 aliphatic rings. The fourth-order valence-corrected chi connectivity index (χ4v) is 5.95. The standard InChI is InChI=1S/C30H32ClN5O2S/c1-3-39-25-11-8-22(9-12-25)30(37)35(24-6-4-5-7-24)18-19-36-29(23-10-13-27(38-2)26(31)20-23)33-28(34-36)21-14-16-32-17-15-21/h8-17,20,24H,3-7,18-19H2,1-2H3. The third kappa shape index (κ3) is 6.28. The van der Waals surface area contributed by atoms with Crippen molar-refractivity contribution >= 4 is 29.3 Å². The van der Waals surface area contributed by atoms with Crippen LogP contribution in [-0.4, -0.2) is 56.0 Å². The third-order valence-corrected chi connectivity index (χ3v) is 8.20. The lowest BCUT2D eigenvalue weighted by Gasteiger charge is -2.29. The smallest absolute Gasteiger partial charge is 0.254 e. The van der Waals surface area contributed by atoms with E-state index >= 15 is 0 Å². The van der Waals surface area contributed by atoms with Crippen molar-refractivity contribution in [1.82, 2.24) is 24.6 Å². The van der Waals surface area contributed by atoms with Gasteiger partial charge in [0, 0.05) is 46.6 Å². The quantitative estimate of drug-likeness (QED) is 0.197. The minimum Gasteiger partial charge on any atom is -0.495 e. The first-order valence-corrected chi connectivity index (χ1v) is 14.7. The van der Waals surface area contributed by atoms with Crippen molar-refractivity contribution in [2.75, 3.05) is 19.4 Å². The molecule has 2 aromatic heterocycles. The van der Waals surface area contributed by atoms with Gasteiger partial charge in [-0.25, -0.2) is 9.67 Å². The molecule has 1 fully saturated rings. The number of amides is 1. The van der Waals surface area contributed by atoms with E-state index < -0.39 is 0 Å². The van der Waals surface area contributed by atoms with E-state index in [0.29, 0.717) is 35.5 Å². The van der Waals surface area contributed by atoms with E-state index in [0.717, 1.165) is 48.1 Å². The molecule has 4 aromatic rings. The number of aromatic nitrogens is 4. The number of nitrogens with zero attached hydrogens (tertiary/aromatic N) is 5. The van der Waals surface area contributed by atoms with Gasteiger partial charge in [0.1, 0.15) is 5.75 Å². The van der Waals surface area contributed by atoms with Gasteiger partial charge in [-0.15, -0.1) is 11.8 Å². The Morgan fingerprint density at radius 3 is 2.49 bits per heavy atom. The average Bonchev–Trinajstić information content (AvgIpc) is 3.65. The number of thioether (sulfide) groups is 1. The highest BCUT2D eigenvalue weighted by molar-refractivity contribution is 7.99. The van der Waals surface area contributed by atoms with Gasteiger partial charge in [-0.3, -0.25) is 9.78 Å². The molecule has 1 aliphatic carbocycles. The number of carbonyl (C=O) groups is 1. The van der Waals surface area contributed by atoms with Gasteiger partial charge >= 0.3 is 0 Å². The van der Waals surface area contributed by atoms with Crippen LogP contribution in [0.4, 0.5) is 0 Å².